The number of ketones is 1. The molecule has 0 aromatic rings. The molecule has 0 saturated heterocycles. The van der Waals surface area contributed by atoms with Crippen LogP contribution in [0.25, 0.3) is 0 Å². The number of Topliss-reactive ketones (excluding diaryl/α,β-unsaturated/α-hetero) is 1. The highest BCUT2D eigenvalue weighted by molar-refractivity contribution is 6.76. The van der Waals surface area contributed by atoms with Gasteiger partial charge >= 0.3 is 0 Å². The zero-order chi connectivity index (χ0) is 11.6. The molecule has 1 aliphatic carbocycles. The highest BCUT2D eigenvalue weighted by atomic mass is 28.3. The van der Waals surface area contributed by atoms with Crippen molar-refractivity contribution in [1.29, 1.82) is 0 Å². The van der Waals surface area contributed by atoms with E-state index >= 15 is 0 Å². The number of hydrogen-bond donors (Lipinski definition) is 0. The molecular weight excluding hydrogens is 200 g/mol. The van der Waals surface area contributed by atoms with Crippen LogP contribution in [0.1, 0.15) is 26.7 Å². The summed E-state index contributed by atoms with van der Waals surface area (Å²) < 4.78 is 0. The molecule has 0 spiro atoms. The summed E-state index contributed by atoms with van der Waals surface area (Å²) in [6.45, 7) is 11.0. The maximum Gasteiger partial charge on any atom is 0.137 e. The molecule has 1 nitrogen and oxygen atoms in total. The van der Waals surface area contributed by atoms with Crippen LogP contribution in [0.5, 0.6) is 0 Å². The van der Waals surface area contributed by atoms with Crippen molar-refractivity contribution in [2.75, 3.05) is 0 Å². The van der Waals surface area contributed by atoms with Gasteiger partial charge in [-0.1, -0.05) is 37.3 Å². The quantitative estimate of drug-likeness (QED) is 0.525. The molecule has 2 atom stereocenters. The predicted octanol–water partition coefficient (Wildman–Crippen LogP) is 3.89. The second kappa shape index (κ2) is 4.65. The Morgan fingerprint density at radius 1 is 1.47 bits per heavy atom. The number of hydrogen-bond acceptors (Lipinski definition) is 1. The maximum absolute atomic E-state index is 11.7. The van der Waals surface area contributed by atoms with Gasteiger partial charge in [-0.25, -0.2) is 0 Å². The third-order valence-corrected chi connectivity index (χ3v) is 5.11. The summed E-state index contributed by atoms with van der Waals surface area (Å²) in [5.41, 5.74) is 1.39. The molecule has 1 rings (SSSR count). The van der Waals surface area contributed by atoms with E-state index in [0.29, 0.717) is 11.7 Å². The number of carbonyl (C=O) groups excluding carboxylic acids is 1. The minimum atomic E-state index is -1.03. The Hall–Kier alpha value is -0.373. The zero-order valence-corrected chi connectivity index (χ0v) is 11.8. The standard InChI is InChI=1S/C13H24OSi/c1-6-11-7-8-12(9-15(3,4)5)13(11)10(2)14/h6,12-13H,7-9H2,1-5H3/b11-6-/t12-,13+/m1/s1. The van der Waals surface area contributed by atoms with Gasteiger partial charge in [-0.15, -0.1) is 0 Å². The molecule has 0 amide bonds. The average Bonchev–Trinajstić information content (AvgIpc) is 2.44. The Morgan fingerprint density at radius 2 is 2.07 bits per heavy atom. The lowest BCUT2D eigenvalue weighted by molar-refractivity contribution is -0.120. The summed E-state index contributed by atoms with van der Waals surface area (Å²) >= 11 is 0. The van der Waals surface area contributed by atoms with Gasteiger partial charge < -0.3 is 0 Å². The Morgan fingerprint density at radius 3 is 2.47 bits per heavy atom. The zero-order valence-electron chi connectivity index (χ0n) is 10.8. The van der Waals surface area contributed by atoms with Crippen molar-refractivity contribution in [2.24, 2.45) is 11.8 Å². The molecule has 15 heavy (non-hydrogen) atoms. The van der Waals surface area contributed by atoms with E-state index < -0.39 is 8.07 Å². The monoisotopic (exact) mass is 224 g/mol. The second-order valence-electron chi connectivity index (χ2n) is 6.02. The van der Waals surface area contributed by atoms with Crippen molar-refractivity contribution in [2.45, 2.75) is 52.4 Å². The van der Waals surface area contributed by atoms with Gasteiger partial charge in [0.05, 0.1) is 0 Å². The van der Waals surface area contributed by atoms with Gasteiger partial charge in [0.25, 0.3) is 0 Å². The fourth-order valence-electron chi connectivity index (χ4n) is 2.90. The van der Waals surface area contributed by atoms with Crippen molar-refractivity contribution in [3.8, 4) is 0 Å². The van der Waals surface area contributed by atoms with E-state index in [1.165, 1.54) is 18.0 Å². The number of rotatable bonds is 3. The first-order chi connectivity index (χ1) is 6.85. The maximum atomic E-state index is 11.7. The topological polar surface area (TPSA) is 17.1 Å². The SMILES string of the molecule is C/C=C1/CC[C@H](C[Si](C)(C)C)[C@H]1C(C)=O. The fraction of sp³-hybridized carbons (Fsp3) is 0.769. The summed E-state index contributed by atoms with van der Waals surface area (Å²) in [7, 11) is -1.03. The Balaban J connectivity index is 2.79. The van der Waals surface area contributed by atoms with Crippen LogP contribution in [0.15, 0.2) is 11.6 Å². The molecule has 1 fully saturated rings. The van der Waals surface area contributed by atoms with E-state index in [4.69, 9.17) is 0 Å². The van der Waals surface area contributed by atoms with Gasteiger partial charge in [-0.05, 0) is 32.6 Å². The molecule has 1 saturated carbocycles. The normalized spacial score (nSPS) is 29.8. The fourth-order valence-corrected chi connectivity index (χ4v) is 4.91. The summed E-state index contributed by atoms with van der Waals surface area (Å²) in [5, 5.41) is 0. The van der Waals surface area contributed by atoms with Crippen LogP contribution >= 0.6 is 0 Å². The molecule has 0 bridgehead atoms. The molecule has 86 valence electrons. The van der Waals surface area contributed by atoms with Crippen LogP contribution in [0, 0.1) is 11.8 Å². The molecule has 0 aliphatic heterocycles. The van der Waals surface area contributed by atoms with Crippen LogP contribution in [0.2, 0.25) is 25.7 Å². The highest BCUT2D eigenvalue weighted by Crippen LogP contribution is 2.41. The van der Waals surface area contributed by atoms with Crippen molar-refractivity contribution in [3.63, 3.8) is 0 Å². The first-order valence-electron chi connectivity index (χ1n) is 6.00. The lowest BCUT2D eigenvalue weighted by Crippen LogP contribution is -2.28. The summed E-state index contributed by atoms with van der Waals surface area (Å²) in [5.74, 6) is 1.27. The van der Waals surface area contributed by atoms with E-state index in [-0.39, 0.29) is 5.92 Å². The van der Waals surface area contributed by atoms with Crippen molar-refractivity contribution < 1.29 is 4.79 Å². The molecule has 0 N–H and O–H groups in total. The largest absolute Gasteiger partial charge is 0.299 e. The van der Waals surface area contributed by atoms with Gasteiger partial charge in [-0.3, -0.25) is 4.79 Å². The third kappa shape index (κ3) is 3.30. The third-order valence-electron chi connectivity index (χ3n) is 3.36. The molecule has 0 aromatic heterocycles. The van der Waals surface area contributed by atoms with Gasteiger partial charge in [-0.2, -0.15) is 0 Å². The lowest BCUT2D eigenvalue weighted by atomic mass is 9.91. The molecular formula is C13H24OSi. The second-order valence-corrected chi connectivity index (χ2v) is 11.5. The molecule has 0 heterocycles. The number of carbonyl (C=O) groups is 1. The van der Waals surface area contributed by atoms with Crippen molar-refractivity contribution >= 4 is 13.9 Å². The first-order valence-corrected chi connectivity index (χ1v) is 9.71. The lowest BCUT2D eigenvalue weighted by Gasteiger charge is -2.25. The summed E-state index contributed by atoms with van der Waals surface area (Å²) in [6.07, 6.45) is 4.54. The average molecular weight is 224 g/mol. The Kier molecular flexibility index (Phi) is 3.93. The molecule has 0 unspecified atom stereocenters. The van der Waals surface area contributed by atoms with Crippen LogP contribution in [-0.4, -0.2) is 13.9 Å². The predicted molar refractivity (Wildman–Crippen MR) is 68.8 cm³/mol. The van der Waals surface area contributed by atoms with E-state index in [0.717, 1.165) is 6.42 Å². The molecule has 0 radical (unpaired) electrons. The van der Waals surface area contributed by atoms with Crippen LogP contribution < -0.4 is 0 Å². The van der Waals surface area contributed by atoms with Gasteiger partial charge in [0, 0.05) is 14.0 Å². The van der Waals surface area contributed by atoms with Crippen molar-refractivity contribution in [1.82, 2.24) is 0 Å². The molecule has 1 aliphatic rings. The minimum absolute atomic E-state index is 0.252. The van der Waals surface area contributed by atoms with Crippen LogP contribution in [0.4, 0.5) is 0 Å². The van der Waals surface area contributed by atoms with Crippen molar-refractivity contribution in [3.05, 3.63) is 11.6 Å². The van der Waals surface area contributed by atoms with E-state index in [1.54, 1.807) is 6.92 Å². The van der Waals surface area contributed by atoms with Gasteiger partial charge in [0.2, 0.25) is 0 Å². The Bertz CT molecular complexity index is 273. The van der Waals surface area contributed by atoms with Crippen LogP contribution in [-0.2, 0) is 4.79 Å². The highest BCUT2D eigenvalue weighted by Gasteiger charge is 2.36. The van der Waals surface area contributed by atoms with Gasteiger partial charge in [0.15, 0.2) is 0 Å². The number of allylic oxidation sites excluding steroid dienone is 2. The van der Waals surface area contributed by atoms with E-state index in [9.17, 15) is 4.79 Å². The van der Waals surface area contributed by atoms with Gasteiger partial charge in [0.1, 0.15) is 5.78 Å². The molecule has 0 aromatic carbocycles. The van der Waals surface area contributed by atoms with E-state index in [1.807, 2.05) is 0 Å². The summed E-state index contributed by atoms with van der Waals surface area (Å²) in [6, 6.07) is 1.30. The smallest absolute Gasteiger partial charge is 0.137 e. The van der Waals surface area contributed by atoms with E-state index in [2.05, 4.69) is 32.6 Å². The summed E-state index contributed by atoms with van der Waals surface area (Å²) in [4.78, 5) is 11.7. The Labute approximate surface area is 95.0 Å². The minimum Gasteiger partial charge on any atom is -0.299 e. The first kappa shape index (κ1) is 12.7. The molecule has 2 heteroatoms. The van der Waals surface area contributed by atoms with Crippen LogP contribution in [0.3, 0.4) is 0 Å².